The molecular formula is C14H16FNS. The van der Waals surface area contributed by atoms with Gasteiger partial charge in [-0.1, -0.05) is 6.07 Å². The molecule has 3 heteroatoms. The average Bonchev–Trinajstić information content (AvgIpc) is 2.76. The van der Waals surface area contributed by atoms with Gasteiger partial charge in [-0.25, -0.2) is 4.39 Å². The van der Waals surface area contributed by atoms with E-state index in [2.05, 4.69) is 10.7 Å². The van der Waals surface area contributed by atoms with Crippen LogP contribution in [0.3, 0.4) is 0 Å². The van der Waals surface area contributed by atoms with E-state index in [1.807, 2.05) is 38.4 Å². The van der Waals surface area contributed by atoms with Crippen LogP contribution < -0.4 is 5.32 Å². The summed E-state index contributed by atoms with van der Waals surface area (Å²) in [5, 5.41) is 7.26. The highest BCUT2D eigenvalue weighted by atomic mass is 32.1. The molecule has 0 fully saturated rings. The normalized spacial score (nSPS) is 12.7. The Balaban J connectivity index is 2.52. The smallest absolute Gasteiger partial charge is 0.128 e. The maximum absolute atomic E-state index is 14.1. The van der Waals surface area contributed by atoms with Crippen LogP contribution in [-0.4, -0.2) is 7.05 Å². The maximum Gasteiger partial charge on any atom is 0.128 e. The van der Waals surface area contributed by atoms with Crippen LogP contribution in [0.15, 0.2) is 29.0 Å². The van der Waals surface area contributed by atoms with Crippen molar-refractivity contribution in [1.29, 1.82) is 0 Å². The Kier molecular flexibility index (Phi) is 3.60. The Bertz CT molecular complexity index is 482. The van der Waals surface area contributed by atoms with Crippen LogP contribution in [0, 0.1) is 19.7 Å². The van der Waals surface area contributed by atoms with Gasteiger partial charge in [0.05, 0.1) is 6.04 Å². The van der Waals surface area contributed by atoms with Gasteiger partial charge in [0.25, 0.3) is 0 Å². The first-order valence-electron chi connectivity index (χ1n) is 5.59. The fraction of sp³-hybridized carbons (Fsp3) is 0.286. The van der Waals surface area contributed by atoms with Crippen molar-refractivity contribution in [3.05, 3.63) is 57.0 Å². The standard InChI is InChI=1S/C14H16FNS/c1-9-6-10(2)13(12(15)7-9)14(16-3)11-4-5-17-8-11/h4-8,14,16H,1-3H3. The number of rotatable bonds is 3. The van der Waals surface area contributed by atoms with E-state index < -0.39 is 0 Å². The number of thiophene rings is 1. The largest absolute Gasteiger partial charge is 0.309 e. The molecule has 0 bridgehead atoms. The van der Waals surface area contributed by atoms with E-state index in [0.717, 1.165) is 22.3 Å². The molecule has 0 aliphatic carbocycles. The van der Waals surface area contributed by atoms with E-state index in [0.29, 0.717) is 0 Å². The minimum atomic E-state index is -0.131. The average molecular weight is 249 g/mol. The molecule has 0 aliphatic heterocycles. The van der Waals surface area contributed by atoms with Crippen LogP contribution in [0.5, 0.6) is 0 Å². The molecule has 90 valence electrons. The first kappa shape index (κ1) is 12.3. The predicted octanol–water partition coefficient (Wildman–Crippen LogP) is 3.81. The fourth-order valence-electron chi connectivity index (χ4n) is 2.21. The van der Waals surface area contributed by atoms with Crippen LogP contribution in [-0.2, 0) is 0 Å². The zero-order valence-corrected chi connectivity index (χ0v) is 11.1. The monoisotopic (exact) mass is 249 g/mol. The van der Waals surface area contributed by atoms with Gasteiger partial charge in [-0.2, -0.15) is 11.3 Å². The molecule has 0 radical (unpaired) electrons. The van der Waals surface area contributed by atoms with Gasteiger partial charge in [0.15, 0.2) is 0 Å². The van der Waals surface area contributed by atoms with E-state index in [-0.39, 0.29) is 11.9 Å². The van der Waals surface area contributed by atoms with Gasteiger partial charge in [0.2, 0.25) is 0 Å². The van der Waals surface area contributed by atoms with Crippen molar-refractivity contribution in [3.8, 4) is 0 Å². The third kappa shape index (κ3) is 2.40. The van der Waals surface area contributed by atoms with Crippen molar-refractivity contribution in [2.75, 3.05) is 7.05 Å². The lowest BCUT2D eigenvalue weighted by molar-refractivity contribution is 0.572. The summed E-state index contributed by atoms with van der Waals surface area (Å²) in [6.07, 6.45) is 0. The summed E-state index contributed by atoms with van der Waals surface area (Å²) in [6, 6.07) is 5.58. The fourth-order valence-corrected chi connectivity index (χ4v) is 2.90. The quantitative estimate of drug-likeness (QED) is 0.872. The summed E-state index contributed by atoms with van der Waals surface area (Å²) < 4.78 is 14.1. The Morgan fingerprint density at radius 3 is 2.59 bits per heavy atom. The van der Waals surface area contributed by atoms with Gasteiger partial charge in [-0.3, -0.25) is 0 Å². The zero-order valence-electron chi connectivity index (χ0n) is 10.3. The number of benzene rings is 1. The number of aryl methyl sites for hydroxylation is 2. The van der Waals surface area contributed by atoms with Crippen LogP contribution in [0.2, 0.25) is 0 Å². The number of hydrogen-bond acceptors (Lipinski definition) is 2. The second-order valence-corrected chi connectivity index (χ2v) is 5.04. The van der Waals surface area contributed by atoms with Crippen molar-refractivity contribution in [1.82, 2.24) is 5.32 Å². The molecule has 2 rings (SSSR count). The summed E-state index contributed by atoms with van der Waals surface area (Å²) >= 11 is 1.63. The first-order valence-corrected chi connectivity index (χ1v) is 6.53. The van der Waals surface area contributed by atoms with E-state index in [9.17, 15) is 4.39 Å². The lowest BCUT2D eigenvalue weighted by Gasteiger charge is -2.19. The Morgan fingerprint density at radius 2 is 2.06 bits per heavy atom. The second kappa shape index (κ2) is 4.98. The summed E-state index contributed by atoms with van der Waals surface area (Å²) in [6.45, 7) is 3.88. The molecule has 1 heterocycles. The van der Waals surface area contributed by atoms with Crippen LogP contribution in [0.25, 0.3) is 0 Å². The molecule has 1 N–H and O–H groups in total. The highest BCUT2D eigenvalue weighted by Gasteiger charge is 2.19. The van der Waals surface area contributed by atoms with Crippen molar-refractivity contribution >= 4 is 11.3 Å². The Hall–Kier alpha value is -1.19. The zero-order chi connectivity index (χ0) is 12.4. The van der Waals surface area contributed by atoms with Gasteiger partial charge in [0, 0.05) is 5.56 Å². The minimum absolute atomic E-state index is 0.0677. The topological polar surface area (TPSA) is 12.0 Å². The van der Waals surface area contributed by atoms with E-state index >= 15 is 0 Å². The van der Waals surface area contributed by atoms with E-state index in [1.165, 1.54) is 0 Å². The highest BCUT2D eigenvalue weighted by molar-refractivity contribution is 7.08. The van der Waals surface area contributed by atoms with Crippen LogP contribution >= 0.6 is 11.3 Å². The molecule has 0 saturated heterocycles. The van der Waals surface area contributed by atoms with Gasteiger partial charge in [0.1, 0.15) is 5.82 Å². The molecule has 0 spiro atoms. The van der Waals surface area contributed by atoms with Gasteiger partial charge in [-0.15, -0.1) is 0 Å². The summed E-state index contributed by atoms with van der Waals surface area (Å²) in [5.41, 5.74) is 3.82. The van der Waals surface area contributed by atoms with E-state index in [4.69, 9.17) is 0 Å². The maximum atomic E-state index is 14.1. The molecule has 1 aromatic heterocycles. The number of halogens is 1. The van der Waals surface area contributed by atoms with Crippen molar-refractivity contribution < 1.29 is 4.39 Å². The van der Waals surface area contributed by atoms with Crippen molar-refractivity contribution in [2.24, 2.45) is 0 Å². The van der Waals surface area contributed by atoms with Crippen LogP contribution in [0.1, 0.15) is 28.3 Å². The van der Waals surface area contributed by atoms with E-state index in [1.54, 1.807) is 17.4 Å². The SMILES string of the molecule is CNC(c1ccsc1)c1c(C)cc(C)cc1F. The molecule has 1 atom stereocenters. The summed E-state index contributed by atoms with van der Waals surface area (Å²) in [7, 11) is 1.86. The van der Waals surface area contributed by atoms with Gasteiger partial charge >= 0.3 is 0 Å². The molecule has 1 unspecified atom stereocenters. The molecule has 1 aromatic carbocycles. The lowest BCUT2D eigenvalue weighted by Crippen LogP contribution is -2.19. The predicted molar refractivity (Wildman–Crippen MR) is 71.1 cm³/mol. The number of nitrogens with one attached hydrogen (secondary N) is 1. The highest BCUT2D eigenvalue weighted by Crippen LogP contribution is 2.29. The lowest BCUT2D eigenvalue weighted by atomic mass is 9.95. The third-order valence-electron chi connectivity index (χ3n) is 2.93. The third-order valence-corrected chi connectivity index (χ3v) is 3.64. The first-order chi connectivity index (χ1) is 8.13. The molecule has 0 aliphatic rings. The van der Waals surface area contributed by atoms with Gasteiger partial charge < -0.3 is 5.32 Å². The Labute approximate surface area is 105 Å². The Morgan fingerprint density at radius 1 is 1.29 bits per heavy atom. The van der Waals surface area contributed by atoms with Crippen molar-refractivity contribution in [3.63, 3.8) is 0 Å². The molecule has 17 heavy (non-hydrogen) atoms. The molecular weight excluding hydrogens is 233 g/mol. The van der Waals surface area contributed by atoms with Crippen LogP contribution in [0.4, 0.5) is 4.39 Å². The number of hydrogen-bond donors (Lipinski definition) is 1. The summed E-state index contributed by atoms with van der Waals surface area (Å²) in [4.78, 5) is 0. The van der Waals surface area contributed by atoms with Crippen molar-refractivity contribution in [2.45, 2.75) is 19.9 Å². The second-order valence-electron chi connectivity index (χ2n) is 4.26. The molecule has 1 nitrogen and oxygen atoms in total. The molecule has 0 saturated carbocycles. The minimum Gasteiger partial charge on any atom is -0.309 e. The molecule has 0 amide bonds. The summed E-state index contributed by atoms with van der Waals surface area (Å²) in [5.74, 6) is -0.131. The van der Waals surface area contributed by atoms with Gasteiger partial charge in [-0.05, 0) is 60.5 Å². The molecule has 2 aromatic rings.